The summed E-state index contributed by atoms with van der Waals surface area (Å²) in [5.74, 6) is 1.17. The molecule has 0 aliphatic heterocycles. The molecule has 2 rings (SSSR count). The first kappa shape index (κ1) is 21.3. The number of nitrogens with zero attached hydrogens (tertiary/aromatic N) is 3. The van der Waals surface area contributed by atoms with Crippen LogP contribution in [0.1, 0.15) is 52.1 Å². The summed E-state index contributed by atoms with van der Waals surface area (Å²) < 4.78 is 0. The lowest BCUT2D eigenvalue weighted by molar-refractivity contribution is -0.102. The van der Waals surface area contributed by atoms with E-state index in [9.17, 15) is 10.1 Å². The predicted molar refractivity (Wildman–Crippen MR) is 111 cm³/mol. The highest BCUT2D eigenvalue weighted by molar-refractivity contribution is 6.36. The SMILES string of the molecule is CC1CCCCC1N=C(N)/C=C(/Nc1cccc(C(C)(C)C#N)n1)C(=N)C=O. The standard InChI is InChI=1S/C21H28N6O/c1-14-7-4-5-8-16(14)25-19(24)11-17(15(23)12-28)26-20-10-6-9-18(27-20)21(2,3)13-22/h6,9-12,14,16,23H,4-5,7-8H2,1-3H3,(H2,24,25)(H,26,27)/b17-11+,23-15?. The van der Waals surface area contributed by atoms with Crippen molar-refractivity contribution in [3.63, 3.8) is 0 Å². The van der Waals surface area contributed by atoms with E-state index in [1.807, 2.05) is 0 Å². The van der Waals surface area contributed by atoms with Crippen LogP contribution in [-0.4, -0.2) is 28.9 Å². The third kappa shape index (κ3) is 5.49. The molecule has 2 atom stereocenters. The van der Waals surface area contributed by atoms with E-state index >= 15 is 0 Å². The van der Waals surface area contributed by atoms with Crippen LogP contribution in [0.25, 0.3) is 0 Å². The molecule has 7 nitrogen and oxygen atoms in total. The number of rotatable bonds is 7. The number of nitrogens with two attached hydrogens (primary N) is 1. The average molecular weight is 380 g/mol. The Morgan fingerprint density at radius 2 is 2.14 bits per heavy atom. The molecule has 1 fully saturated rings. The van der Waals surface area contributed by atoms with Crippen LogP contribution < -0.4 is 11.1 Å². The molecule has 0 spiro atoms. The predicted octanol–water partition coefficient (Wildman–Crippen LogP) is 3.33. The van der Waals surface area contributed by atoms with Gasteiger partial charge in [-0.05, 0) is 44.7 Å². The van der Waals surface area contributed by atoms with Crippen molar-refractivity contribution in [3.8, 4) is 6.07 Å². The maximum atomic E-state index is 11.2. The molecule has 0 radical (unpaired) electrons. The number of nitriles is 1. The van der Waals surface area contributed by atoms with Crippen molar-refractivity contribution in [2.45, 2.75) is 57.9 Å². The molecule has 148 valence electrons. The number of anilines is 1. The fourth-order valence-corrected chi connectivity index (χ4v) is 3.16. The number of hydrogen-bond donors (Lipinski definition) is 3. The van der Waals surface area contributed by atoms with Gasteiger partial charge < -0.3 is 11.1 Å². The largest absolute Gasteiger partial charge is 0.384 e. The second kappa shape index (κ2) is 9.27. The molecule has 0 amide bonds. The maximum Gasteiger partial charge on any atom is 0.169 e. The van der Waals surface area contributed by atoms with E-state index in [1.54, 1.807) is 32.0 Å². The first-order chi connectivity index (χ1) is 13.3. The Balaban J connectivity index is 2.28. The van der Waals surface area contributed by atoms with Gasteiger partial charge in [0, 0.05) is 6.08 Å². The summed E-state index contributed by atoms with van der Waals surface area (Å²) in [7, 11) is 0. The highest BCUT2D eigenvalue weighted by Gasteiger charge is 2.22. The number of aromatic nitrogens is 1. The lowest BCUT2D eigenvalue weighted by atomic mass is 9.86. The van der Waals surface area contributed by atoms with Gasteiger partial charge in [-0.2, -0.15) is 5.26 Å². The van der Waals surface area contributed by atoms with Crippen molar-refractivity contribution >= 4 is 23.7 Å². The van der Waals surface area contributed by atoms with Crippen molar-refractivity contribution in [2.75, 3.05) is 5.32 Å². The molecule has 28 heavy (non-hydrogen) atoms. The molecular formula is C21H28N6O. The first-order valence-electron chi connectivity index (χ1n) is 9.51. The van der Waals surface area contributed by atoms with E-state index in [-0.39, 0.29) is 23.3 Å². The highest BCUT2D eigenvalue weighted by atomic mass is 16.1. The molecule has 0 aromatic carbocycles. The summed E-state index contributed by atoms with van der Waals surface area (Å²) in [4.78, 5) is 20.2. The molecule has 4 N–H and O–H groups in total. The third-order valence-corrected chi connectivity index (χ3v) is 5.01. The number of aliphatic imine (C=N–C) groups is 1. The van der Waals surface area contributed by atoms with Gasteiger partial charge in [0.25, 0.3) is 0 Å². The number of aldehydes is 1. The van der Waals surface area contributed by atoms with Crippen LogP contribution in [0, 0.1) is 22.7 Å². The second-order valence-corrected chi connectivity index (χ2v) is 7.74. The number of hydrogen-bond acceptors (Lipinski definition) is 6. The summed E-state index contributed by atoms with van der Waals surface area (Å²) in [5.41, 5.74) is 5.90. The Kier molecular flexibility index (Phi) is 7.05. The molecule has 1 aliphatic carbocycles. The minimum Gasteiger partial charge on any atom is -0.384 e. The number of nitrogens with one attached hydrogen (secondary N) is 2. The van der Waals surface area contributed by atoms with Crippen LogP contribution in [0.3, 0.4) is 0 Å². The zero-order chi connectivity index (χ0) is 20.7. The quantitative estimate of drug-likeness (QED) is 0.380. The Morgan fingerprint density at radius 3 is 2.79 bits per heavy atom. The molecule has 1 heterocycles. The second-order valence-electron chi connectivity index (χ2n) is 7.74. The van der Waals surface area contributed by atoms with E-state index in [0.29, 0.717) is 23.7 Å². The number of carbonyl (C=O) groups excluding carboxylic acids is 1. The molecule has 0 bridgehead atoms. The van der Waals surface area contributed by atoms with Gasteiger partial charge in [-0.1, -0.05) is 25.8 Å². The minimum absolute atomic E-state index is 0.162. The molecule has 1 saturated carbocycles. The van der Waals surface area contributed by atoms with E-state index in [1.165, 1.54) is 12.5 Å². The van der Waals surface area contributed by atoms with Crippen LogP contribution in [0.5, 0.6) is 0 Å². The van der Waals surface area contributed by atoms with Crippen LogP contribution in [0.2, 0.25) is 0 Å². The lowest BCUT2D eigenvalue weighted by Gasteiger charge is -2.25. The van der Waals surface area contributed by atoms with Gasteiger partial charge in [0.1, 0.15) is 17.4 Å². The fourth-order valence-electron chi connectivity index (χ4n) is 3.16. The molecular weight excluding hydrogens is 352 g/mol. The molecule has 1 aromatic rings. The van der Waals surface area contributed by atoms with E-state index in [2.05, 4.69) is 28.3 Å². The van der Waals surface area contributed by atoms with E-state index in [0.717, 1.165) is 19.3 Å². The van der Waals surface area contributed by atoms with Gasteiger partial charge in [0.05, 0.1) is 28.9 Å². The van der Waals surface area contributed by atoms with Gasteiger partial charge in [-0.15, -0.1) is 0 Å². The highest BCUT2D eigenvalue weighted by Crippen LogP contribution is 2.26. The number of amidine groups is 1. The van der Waals surface area contributed by atoms with Gasteiger partial charge in [-0.25, -0.2) is 4.98 Å². The van der Waals surface area contributed by atoms with Crippen LogP contribution in [0.15, 0.2) is 35.0 Å². The van der Waals surface area contributed by atoms with E-state index in [4.69, 9.17) is 11.1 Å². The van der Waals surface area contributed by atoms with Crippen molar-refractivity contribution < 1.29 is 4.79 Å². The van der Waals surface area contributed by atoms with Crippen molar-refractivity contribution in [3.05, 3.63) is 35.7 Å². The normalized spacial score (nSPS) is 20.9. The molecule has 0 saturated heterocycles. The van der Waals surface area contributed by atoms with Gasteiger partial charge >= 0.3 is 0 Å². The van der Waals surface area contributed by atoms with Gasteiger partial charge in [0.15, 0.2) is 6.29 Å². The summed E-state index contributed by atoms with van der Waals surface area (Å²) >= 11 is 0. The third-order valence-electron chi connectivity index (χ3n) is 5.01. The molecule has 1 aromatic heterocycles. The zero-order valence-electron chi connectivity index (χ0n) is 16.7. The van der Waals surface area contributed by atoms with Crippen LogP contribution in [-0.2, 0) is 10.2 Å². The number of carbonyl (C=O) groups is 1. The number of allylic oxidation sites excluding steroid dienone is 1. The first-order valence-corrected chi connectivity index (χ1v) is 9.51. The number of pyridine rings is 1. The summed E-state index contributed by atoms with van der Waals surface area (Å²) in [5, 5.41) is 20.2. The zero-order valence-corrected chi connectivity index (χ0v) is 16.7. The van der Waals surface area contributed by atoms with Crippen molar-refractivity contribution in [2.24, 2.45) is 16.6 Å². The van der Waals surface area contributed by atoms with Crippen molar-refractivity contribution in [1.29, 1.82) is 10.7 Å². The smallest absolute Gasteiger partial charge is 0.169 e. The molecule has 2 unspecified atom stereocenters. The minimum atomic E-state index is -0.753. The van der Waals surface area contributed by atoms with Crippen LogP contribution in [0.4, 0.5) is 5.82 Å². The summed E-state index contributed by atoms with van der Waals surface area (Å²) in [6.45, 7) is 5.72. The maximum absolute atomic E-state index is 11.2. The molecule has 1 aliphatic rings. The summed E-state index contributed by atoms with van der Waals surface area (Å²) in [6.07, 6.45) is 6.42. The van der Waals surface area contributed by atoms with E-state index < -0.39 is 5.41 Å². The topological polar surface area (TPSA) is 128 Å². The fraction of sp³-hybridized carbons (Fsp3) is 0.476. The Bertz CT molecular complexity index is 834. The molecule has 7 heteroatoms. The monoisotopic (exact) mass is 380 g/mol. The Morgan fingerprint density at radius 1 is 1.43 bits per heavy atom. The van der Waals surface area contributed by atoms with Gasteiger partial charge in [0.2, 0.25) is 0 Å². The lowest BCUT2D eigenvalue weighted by Crippen LogP contribution is -2.25. The van der Waals surface area contributed by atoms with Crippen LogP contribution >= 0.6 is 0 Å². The Hall–Kier alpha value is -3.01. The summed E-state index contributed by atoms with van der Waals surface area (Å²) in [6, 6.07) is 7.62. The van der Waals surface area contributed by atoms with Gasteiger partial charge in [-0.3, -0.25) is 15.2 Å². The van der Waals surface area contributed by atoms with Crippen molar-refractivity contribution in [1.82, 2.24) is 4.98 Å². The Labute approximate surface area is 166 Å². The average Bonchev–Trinajstić information content (AvgIpc) is 2.68.